The number of halogens is 1. The molecule has 0 atom stereocenters. The Morgan fingerprint density at radius 1 is 1.17 bits per heavy atom. The van der Waals surface area contributed by atoms with E-state index in [0.717, 1.165) is 11.2 Å². The van der Waals surface area contributed by atoms with Crippen LogP contribution in [0.25, 0.3) is 16.9 Å². The fraction of sp³-hybridized carbons (Fsp3) is 0.0909. The summed E-state index contributed by atoms with van der Waals surface area (Å²) in [5.41, 5.74) is 2.84. The first-order valence-electron chi connectivity index (χ1n) is 9.12. The molecule has 4 aromatic rings. The van der Waals surface area contributed by atoms with Gasteiger partial charge in [-0.3, -0.25) is 4.40 Å². The molecule has 0 amide bonds. The van der Waals surface area contributed by atoms with Crippen LogP contribution in [0.15, 0.2) is 59.7 Å². The lowest BCUT2D eigenvalue weighted by atomic mass is 10.1. The first-order valence-corrected chi connectivity index (χ1v) is 9.49. The molecule has 2 aromatic carbocycles. The second kappa shape index (κ2) is 7.27. The summed E-state index contributed by atoms with van der Waals surface area (Å²) in [5, 5.41) is 10.4. The lowest BCUT2D eigenvalue weighted by Crippen LogP contribution is -1.92. The number of ether oxygens (including phenoxy) is 3. The van der Waals surface area contributed by atoms with Gasteiger partial charge >= 0.3 is 0 Å². The van der Waals surface area contributed by atoms with Gasteiger partial charge in [-0.2, -0.15) is 0 Å². The predicted molar refractivity (Wildman–Crippen MR) is 114 cm³/mol. The number of aromatic nitrogens is 2. The largest absolute Gasteiger partial charge is 0.504 e. The summed E-state index contributed by atoms with van der Waals surface area (Å²) in [6.07, 6.45) is 3.55. The molecular formula is C22H16ClN3O4. The van der Waals surface area contributed by atoms with Crippen molar-refractivity contribution < 1.29 is 19.3 Å². The van der Waals surface area contributed by atoms with Gasteiger partial charge in [-0.15, -0.1) is 0 Å². The standard InChI is InChI=1S/C22H16ClN3O4/c1-28-17-8-13(5-6-16(17)27)21-22(26-7-3-2-4-20(26)25-21)24-11-14-9-18-19(10-15(14)23)30-12-29-18/h2-11,27H,12H2,1H3. The van der Waals surface area contributed by atoms with Crippen LogP contribution < -0.4 is 14.2 Å². The van der Waals surface area contributed by atoms with Crippen molar-refractivity contribution in [3.8, 4) is 34.3 Å². The first-order chi connectivity index (χ1) is 14.6. The third-order valence-corrected chi connectivity index (χ3v) is 5.10. The van der Waals surface area contributed by atoms with Crippen LogP contribution in [-0.2, 0) is 0 Å². The zero-order valence-electron chi connectivity index (χ0n) is 15.9. The first kappa shape index (κ1) is 18.3. The van der Waals surface area contributed by atoms with Crippen molar-refractivity contribution >= 4 is 29.3 Å². The molecule has 1 N–H and O–H groups in total. The number of nitrogens with zero attached hydrogens (tertiary/aromatic N) is 3. The van der Waals surface area contributed by atoms with E-state index in [1.54, 1.807) is 36.5 Å². The quantitative estimate of drug-likeness (QED) is 0.477. The number of aliphatic imine (C=N–C) groups is 1. The Bertz CT molecular complexity index is 1300. The van der Waals surface area contributed by atoms with E-state index in [1.807, 2.05) is 28.8 Å². The summed E-state index contributed by atoms with van der Waals surface area (Å²) in [4.78, 5) is 9.41. The number of aromatic hydroxyl groups is 1. The molecule has 5 rings (SSSR count). The monoisotopic (exact) mass is 421 g/mol. The summed E-state index contributed by atoms with van der Waals surface area (Å²) < 4.78 is 17.9. The molecule has 0 saturated heterocycles. The minimum absolute atomic E-state index is 0.0576. The summed E-state index contributed by atoms with van der Waals surface area (Å²) in [6, 6.07) is 14.3. The summed E-state index contributed by atoms with van der Waals surface area (Å²) in [6.45, 7) is 0.173. The Kier molecular flexibility index (Phi) is 4.44. The van der Waals surface area contributed by atoms with Gasteiger partial charge in [-0.25, -0.2) is 9.98 Å². The lowest BCUT2D eigenvalue weighted by Gasteiger charge is -2.06. The van der Waals surface area contributed by atoms with E-state index in [9.17, 15) is 5.11 Å². The van der Waals surface area contributed by atoms with Crippen LogP contribution in [0.1, 0.15) is 5.56 Å². The number of pyridine rings is 1. The zero-order chi connectivity index (χ0) is 20.7. The maximum atomic E-state index is 9.93. The van der Waals surface area contributed by atoms with E-state index in [1.165, 1.54) is 7.11 Å². The average Bonchev–Trinajstić information content (AvgIpc) is 3.36. The molecule has 150 valence electrons. The van der Waals surface area contributed by atoms with Crippen molar-refractivity contribution in [3.63, 3.8) is 0 Å². The highest BCUT2D eigenvalue weighted by molar-refractivity contribution is 6.33. The smallest absolute Gasteiger partial charge is 0.231 e. The molecule has 1 aliphatic heterocycles. The fourth-order valence-corrected chi connectivity index (χ4v) is 3.49. The van der Waals surface area contributed by atoms with Gasteiger partial charge in [0.05, 0.1) is 12.1 Å². The number of imidazole rings is 1. The number of phenolic OH excluding ortho intramolecular Hbond substituents is 1. The summed E-state index contributed by atoms with van der Waals surface area (Å²) in [5.74, 6) is 2.28. The molecule has 3 heterocycles. The van der Waals surface area contributed by atoms with Crippen molar-refractivity contribution in [2.75, 3.05) is 13.9 Å². The summed E-state index contributed by atoms with van der Waals surface area (Å²) >= 11 is 6.39. The van der Waals surface area contributed by atoms with Gasteiger partial charge in [-0.1, -0.05) is 17.7 Å². The van der Waals surface area contributed by atoms with Crippen LogP contribution in [0.4, 0.5) is 5.82 Å². The SMILES string of the molecule is COc1cc(-c2nc3ccccn3c2N=Cc2cc3c(cc2Cl)OCO3)ccc1O. The Morgan fingerprint density at radius 3 is 2.83 bits per heavy atom. The molecule has 0 spiro atoms. The van der Waals surface area contributed by atoms with Crippen LogP contribution in [0, 0.1) is 0 Å². The van der Waals surface area contributed by atoms with Crippen molar-refractivity contribution in [2.45, 2.75) is 0 Å². The third-order valence-electron chi connectivity index (χ3n) is 4.78. The van der Waals surface area contributed by atoms with Crippen LogP contribution in [0.5, 0.6) is 23.0 Å². The van der Waals surface area contributed by atoms with Crippen LogP contribution >= 0.6 is 11.6 Å². The minimum Gasteiger partial charge on any atom is -0.504 e. The molecular weight excluding hydrogens is 406 g/mol. The van der Waals surface area contributed by atoms with Crippen molar-refractivity contribution in [1.29, 1.82) is 0 Å². The highest BCUT2D eigenvalue weighted by Crippen LogP contribution is 2.38. The molecule has 7 nitrogen and oxygen atoms in total. The number of hydrogen-bond donors (Lipinski definition) is 1. The van der Waals surface area contributed by atoms with Crippen LogP contribution in [-0.4, -0.2) is 34.6 Å². The maximum absolute atomic E-state index is 9.93. The Labute approximate surface area is 176 Å². The molecule has 2 aromatic heterocycles. The van der Waals surface area contributed by atoms with E-state index in [4.69, 9.17) is 35.8 Å². The topological polar surface area (TPSA) is 77.6 Å². The number of phenols is 1. The Hall–Kier alpha value is -3.71. The third kappa shape index (κ3) is 3.09. The van der Waals surface area contributed by atoms with Crippen molar-refractivity contribution in [2.24, 2.45) is 4.99 Å². The minimum atomic E-state index is 0.0576. The molecule has 0 bridgehead atoms. The van der Waals surface area contributed by atoms with Gasteiger partial charge in [-0.05, 0) is 36.4 Å². The van der Waals surface area contributed by atoms with E-state index in [0.29, 0.717) is 39.3 Å². The van der Waals surface area contributed by atoms with Crippen LogP contribution in [0.3, 0.4) is 0 Å². The predicted octanol–water partition coefficient (Wildman–Crippen LogP) is 4.85. The van der Waals surface area contributed by atoms with Crippen LogP contribution in [0.2, 0.25) is 5.02 Å². The number of hydrogen-bond acceptors (Lipinski definition) is 6. The number of fused-ring (bicyclic) bond motifs is 2. The fourth-order valence-electron chi connectivity index (χ4n) is 3.29. The Morgan fingerprint density at radius 2 is 2.00 bits per heavy atom. The molecule has 0 unspecified atom stereocenters. The van der Waals surface area contributed by atoms with Gasteiger partial charge < -0.3 is 19.3 Å². The maximum Gasteiger partial charge on any atom is 0.231 e. The van der Waals surface area contributed by atoms with E-state index < -0.39 is 0 Å². The lowest BCUT2D eigenvalue weighted by molar-refractivity contribution is 0.174. The normalized spacial score (nSPS) is 12.7. The highest BCUT2D eigenvalue weighted by atomic mass is 35.5. The molecule has 0 fully saturated rings. The van der Waals surface area contributed by atoms with E-state index >= 15 is 0 Å². The van der Waals surface area contributed by atoms with Crippen molar-refractivity contribution in [1.82, 2.24) is 9.38 Å². The number of benzene rings is 2. The number of rotatable bonds is 4. The van der Waals surface area contributed by atoms with Gasteiger partial charge in [0.2, 0.25) is 6.79 Å². The van der Waals surface area contributed by atoms with Gasteiger partial charge in [0.25, 0.3) is 0 Å². The van der Waals surface area contributed by atoms with E-state index in [-0.39, 0.29) is 12.5 Å². The van der Waals surface area contributed by atoms with Gasteiger partial charge in [0, 0.05) is 29.6 Å². The second-order valence-electron chi connectivity index (χ2n) is 6.58. The second-order valence-corrected chi connectivity index (χ2v) is 6.99. The molecule has 30 heavy (non-hydrogen) atoms. The van der Waals surface area contributed by atoms with Crippen molar-refractivity contribution in [3.05, 3.63) is 65.3 Å². The highest BCUT2D eigenvalue weighted by Gasteiger charge is 2.17. The summed E-state index contributed by atoms with van der Waals surface area (Å²) in [7, 11) is 1.50. The molecule has 0 saturated carbocycles. The average molecular weight is 422 g/mol. The number of methoxy groups -OCH3 is 1. The van der Waals surface area contributed by atoms with Gasteiger partial charge in [0.1, 0.15) is 11.3 Å². The van der Waals surface area contributed by atoms with E-state index in [2.05, 4.69) is 0 Å². The Balaban J connectivity index is 1.64. The molecule has 1 aliphatic rings. The zero-order valence-corrected chi connectivity index (χ0v) is 16.6. The molecule has 8 heteroatoms. The molecule has 0 radical (unpaired) electrons. The van der Waals surface area contributed by atoms with Gasteiger partial charge in [0.15, 0.2) is 28.8 Å². The molecule has 0 aliphatic carbocycles.